The Hall–Kier alpha value is -2.27. The van der Waals surface area contributed by atoms with Crippen molar-refractivity contribution < 1.29 is 5.11 Å². The van der Waals surface area contributed by atoms with Crippen LogP contribution in [0.2, 0.25) is 0 Å². The largest absolute Gasteiger partial charge is 0.506 e. The molecule has 0 spiro atoms. The van der Waals surface area contributed by atoms with Crippen LogP contribution in [-0.2, 0) is 0 Å². The summed E-state index contributed by atoms with van der Waals surface area (Å²) in [5.41, 5.74) is 6.15. The third kappa shape index (κ3) is 3.23. The van der Waals surface area contributed by atoms with Gasteiger partial charge in [-0.3, -0.25) is 0 Å². The van der Waals surface area contributed by atoms with Crippen molar-refractivity contribution in [3.8, 4) is 5.75 Å². The van der Waals surface area contributed by atoms with Gasteiger partial charge in [-0.25, -0.2) is 4.98 Å². The van der Waals surface area contributed by atoms with Gasteiger partial charge < -0.3 is 15.3 Å². The summed E-state index contributed by atoms with van der Waals surface area (Å²) in [5, 5.41) is 14.8. The van der Waals surface area contributed by atoms with Gasteiger partial charge in [0.25, 0.3) is 0 Å². The zero-order valence-electron chi connectivity index (χ0n) is 15.5. The number of phenolic OH excluding ortho intramolecular Hbond substituents is 1. The predicted molar refractivity (Wildman–Crippen MR) is 111 cm³/mol. The molecule has 1 aliphatic heterocycles. The average Bonchev–Trinajstić information content (AvgIpc) is 3.04. The lowest BCUT2D eigenvalue weighted by molar-refractivity contribution is 0.482. The molecule has 2 heterocycles. The molecule has 136 valence electrons. The van der Waals surface area contributed by atoms with E-state index in [1.807, 2.05) is 12.1 Å². The lowest BCUT2D eigenvalue weighted by Gasteiger charge is -2.33. The minimum Gasteiger partial charge on any atom is -0.506 e. The summed E-state index contributed by atoms with van der Waals surface area (Å²) >= 11 is 1.59. The number of aryl methyl sites for hydroxylation is 3. The summed E-state index contributed by atoms with van der Waals surface area (Å²) < 4.78 is 0.883. The number of aromatic nitrogens is 1. The number of phenols is 1. The molecule has 5 heteroatoms. The molecule has 0 saturated carbocycles. The van der Waals surface area contributed by atoms with Crippen LogP contribution in [0.3, 0.4) is 0 Å². The Morgan fingerprint density at radius 2 is 1.81 bits per heavy atom. The molecular formula is C21H25N3OS. The van der Waals surface area contributed by atoms with E-state index in [0.717, 1.165) is 41.3 Å². The van der Waals surface area contributed by atoms with Gasteiger partial charge >= 0.3 is 0 Å². The molecule has 1 aromatic heterocycles. The van der Waals surface area contributed by atoms with Crippen molar-refractivity contribution in [2.45, 2.75) is 39.7 Å². The van der Waals surface area contributed by atoms with Gasteiger partial charge in [0.05, 0.1) is 10.2 Å². The van der Waals surface area contributed by atoms with Crippen molar-refractivity contribution in [3.63, 3.8) is 0 Å². The second-order valence-corrected chi connectivity index (χ2v) is 8.28. The smallest absolute Gasteiger partial charge is 0.186 e. The Kier molecular flexibility index (Phi) is 4.49. The third-order valence-corrected chi connectivity index (χ3v) is 6.33. The molecule has 4 nitrogen and oxygen atoms in total. The van der Waals surface area contributed by atoms with E-state index in [9.17, 15) is 5.11 Å². The molecule has 2 N–H and O–H groups in total. The van der Waals surface area contributed by atoms with Crippen LogP contribution in [-0.4, -0.2) is 29.2 Å². The first kappa shape index (κ1) is 17.2. The van der Waals surface area contributed by atoms with Gasteiger partial charge in [-0.1, -0.05) is 35.1 Å². The lowest BCUT2D eigenvalue weighted by Crippen LogP contribution is -2.39. The fraction of sp³-hybridized carbons (Fsp3) is 0.381. The topological polar surface area (TPSA) is 48.4 Å². The van der Waals surface area contributed by atoms with Gasteiger partial charge in [0.1, 0.15) is 5.75 Å². The molecule has 0 radical (unpaired) electrons. The van der Waals surface area contributed by atoms with Crippen LogP contribution < -0.4 is 10.2 Å². The van der Waals surface area contributed by atoms with Crippen LogP contribution >= 0.6 is 11.3 Å². The van der Waals surface area contributed by atoms with E-state index in [1.165, 1.54) is 22.4 Å². The van der Waals surface area contributed by atoms with E-state index >= 15 is 0 Å². The summed E-state index contributed by atoms with van der Waals surface area (Å²) in [6.07, 6.45) is 2.18. The number of nitrogens with one attached hydrogen (secondary N) is 1. The first-order valence-electron chi connectivity index (χ1n) is 9.19. The molecule has 0 amide bonds. The number of benzene rings is 2. The highest BCUT2D eigenvalue weighted by Crippen LogP contribution is 2.36. The van der Waals surface area contributed by atoms with Crippen LogP contribution in [0, 0.1) is 20.8 Å². The van der Waals surface area contributed by atoms with Gasteiger partial charge in [-0.2, -0.15) is 0 Å². The van der Waals surface area contributed by atoms with Crippen LogP contribution in [0.1, 0.15) is 29.5 Å². The number of rotatable bonds is 3. The summed E-state index contributed by atoms with van der Waals surface area (Å²) in [6, 6.07) is 10.5. The van der Waals surface area contributed by atoms with Crippen LogP contribution in [0.25, 0.3) is 10.2 Å². The van der Waals surface area contributed by atoms with Crippen molar-refractivity contribution in [3.05, 3.63) is 47.0 Å². The minimum absolute atomic E-state index is 0.327. The van der Waals surface area contributed by atoms with Crippen molar-refractivity contribution in [2.75, 3.05) is 23.3 Å². The number of thiazole rings is 1. The summed E-state index contributed by atoms with van der Waals surface area (Å²) in [6.45, 7) is 8.50. The molecule has 26 heavy (non-hydrogen) atoms. The highest BCUT2D eigenvalue weighted by molar-refractivity contribution is 7.22. The minimum atomic E-state index is 0.327. The molecule has 1 aliphatic rings. The summed E-state index contributed by atoms with van der Waals surface area (Å²) in [7, 11) is 0. The van der Waals surface area contributed by atoms with Crippen molar-refractivity contribution >= 4 is 32.4 Å². The van der Waals surface area contributed by atoms with Crippen LogP contribution in [0.15, 0.2) is 30.3 Å². The average molecular weight is 368 g/mol. The van der Waals surface area contributed by atoms with E-state index in [1.54, 1.807) is 17.4 Å². The standard InChI is InChI=1S/C21H25N3OS/c1-13-11-14(2)19(15(3)12-13)22-16-7-9-24(10-8-16)21-23-17-5-4-6-18(25)20(17)26-21/h4-6,11-12,16,22,25H,7-10H2,1-3H3. The Bertz CT molecular complexity index is 919. The zero-order valence-corrected chi connectivity index (χ0v) is 16.4. The molecule has 0 atom stereocenters. The molecule has 1 fully saturated rings. The van der Waals surface area contributed by atoms with E-state index in [-0.39, 0.29) is 0 Å². The van der Waals surface area contributed by atoms with Gasteiger partial charge in [-0.05, 0) is 56.9 Å². The lowest BCUT2D eigenvalue weighted by atomic mass is 10.0. The molecule has 4 rings (SSSR count). The maximum absolute atomic E-state index is 10.0. The van der Waals surface area contributed by atoms with E-state index in [0.29, 0.717) is 11.8 Å². The molecule has 0 unspecified atom stereocenters. The number of piperidine rings is 1. The maximum atomic E-state index is 10.0. The van der Waals surface area contributed by atoms with Gasteiger partial charge in [-0.15, -0.1) is 0 Å². The van der Waals surface area contributed by atoms with E-state index in [4.69, 9.17) is 4.98 Å². The van der Waals surface area contributed by atoms with Crippen LogP contribution in [0.5, 0.6) is 5.75 Å². The Morgan fingerprint density at radius 1 is 1.12 bits per heavy atom. The first-order valence-corrected chi connectivity index (χ1v) is 10.0. The molecule has 0 aliphatic carbocycles. The van der Waals surface area contributed by atoms with Crippen molar-refractivity contribution in [2.24, 2.45) is 0 Å². The van der Waals surface area contributed by atoms with Crippen molar-refractivity contribution in [1.29, 1.82) is 0 Å². The second kappa shape index (κ2) is 6.80. The van der Waals surface area contributed by atoms with Gasteiger partial charge in [0.2, 0.25) is 0 Å². The fourth-order valence-electron chi connectivity index (χ4n) is 3.88. The SMILES string of the molecule is Cc1cc(C)c(NC2CCN(c3nc4cccc(O)c4s3)CC2)c(C)c1. The molecule has 2 aromatic carbocycles. The highest BCUT2D eigenvalue weighted by Gasteiger charge is 2.22. The van der Waals surface area contributed by atoms with Gasteiger partial charge in [0, 0.05) is 24.8 Å². The number of hydrogen-bond donors (Lipinski definition) is 2. The quantitative estimate of drug-likeness (QED) is 0.683. The fourth-order valence-corrected chi connectivity index (χ4v) is 4.91. The highest BCUT2D eigenvalue weighted by atomic mass is 32.1. The van der Waals surface area contributed by atoms with Gasteiger partial charge in [0.15, 0.2) is 5.13 Å². The molecular weight excluding hydrogens is 342 g/mol. The maximum Gasteiger partial charge on any atom is 0.186 e. The Morgan fingerprint density at radius 3 is 2.46 bits per heavy atom. The normalized spacial score (nSPS) is 15.6. The predicted octanol–water partition coefficient (Wildman–Crippen LogP) is 5.01. The number of fused-ring (bicyclic) bond motifs is 1. The number of aromatic hydroxyl groups is 1. The molecule has 3 aromatic rings. The third-order valence-electron chi connectivity index (χ3n) is 5.17. The summed E-state index contributed by atoms with van der Waals surface area (Å²) in [4.78, 5) is 7.05. The number of nitrogens with zero attached hydrogens (tertiary/aromatic N) is 2. The Labute approximate surface area is 158 Å². The molecule has 0 bridgehead atoms. The Balaban J connectivity index is 1.45. The second-order valence-electron chi connectivity index (χ2n) is 7.30. The van der Waals surface area contributed by atoms with E-state index in [2.05, 4.69) is 43.1 Å². The zero-order chi connectivity index (χ0) is 18.3. The number of hydrogen-bond acceptors (Lipinski definition) is 5. The number of anilines is 2. The van der Waals surface area contributed by atoms with Crippen molar-refractivity contribution in [1.82, 2.24) is 4.98 Å². The monoisotopic (exact) mass is 367 g/mol. The molecule has 1 saturated heterocycles. The van der Waals surface area contributed by atoms with Crippen LogP contribution in [0.4, 0.5) is 10.8 Å². The van der Waals surface area contributed by atoms with E-state index < -0.39 is 0 Å². The first-order chi connectivity index (χ1) is 12.5. The summed E-state index contributed by atoms with van der Waals surface area (Å²) in [5.74, 6) is 0.327.